The minimum absolute atomic E-state index is 0.0156. The van der Waals surface area contributed by atoms with Gasteiger partial charge in [-0.15, -0.1) is 0 Å². The van der Waals surface area contributed by atoms with Crippen LogP contribution < -0.4 is 10.6 Å². The molecule has 1 aliphatic rings. The molecule has 3 nitrogen and oxygen atoms in total. The first-order valence-corrected chi connectivity index (χ1v) is 9.54. The summed E-state index contributed by atoms with van der Waals surface area (Å²) in [6.45, 7) is 8.35. The van der Waals surface area contributed by atoms with Gasteiger partial charge in [0.1, 0.15) is 0 Å². The number of nitrogens with zero attached hydrogens (tertiary/aromatic N) is 1. The van der Waals surface area contributed by atoms with Crippen molar-refractivity contribution in [2.24, 2.45) is 11.1 Å². The van der Waals surface area contributed by atoms with E-state index in [0.717, 1.165) is 18.7 Å². The van der Waals surface area contributed by atoms with Gasteiger partial charge < -0.3 is 10.6 Å². The van der Waals surface area contributed by atoms with E-state index in [9.17, 15) is 4.79 Å². The fourth-order valence-corrected chi connectivity index (χ4v) is 3.66. The highest BCUT2D eigenvalue weighted by atomic mass is 16.1. The van der Waals surface area contributed by atoms with Crippen molar-refractivity contribution in [2.45, 2.75) is 45.6 Å². The minimum Gasteiger partial charge on any atom is -0.372 e. The van der Waals surface area contributed by atoms with E-state index >= 15 is 0 Å². The zero-order valence-corrected chi connectivity index (χ0v) is 16.2. The second kappa shape index (κ2) is 7.24. The quantitative estimate of drug-likeness (QED) is 0.810. The molecule has 0 saturated carbocycles. The monoisotopic (exact) mass is 350 g/mol. The summed E-state index contributed by atoms with van der Waals surface area (Å²) in [5.74, 6) is 0.0156. The molecule has 0 radical (unpaired) electrons. The van der Waals surface area contributed by atoms with E-state index in [-0.39, 0.29) is 11.2 Å². The average molecular weight is 351 g/mol. The molecule has 2 aromatic rings. The van der Waals surface area contributed by atoms with Crippen LogP contribution in [0.1, 0.15) is 49.5 Å². The Morgan fingerprint density at radius 2 is 1.54 bits per heavy atom. The highest BCUT2D eigenvalue weighted by molar-refractivity contribution is 6.04. The van der Waals surface area contributed by atoms with Crippen LogP contribution in [-0.4, -0.2) is 24.4 Å². The van der Waals surface area contributed by atoms with E-state index in [1.165, 1.54) is 18.5 Å². The Bertz CT molecular complexity index is 740. The molecule has 2 aromatic carbocycles. The lowest BCUT2D eigenvalue weighted by Crippen LogP contribution is -2.59. The molecule has 1 fully saturated rings. The van der Waals surface area contributed by atoms with E-state index in [4.69, 9.17) is 5.73 Å². The molecule has 3 rings (SSSR count). The number of carbonyl (C=O) groups is 1. The molecule has 2 N–H and O–H groups in total. The number of ketones is 1. The van der Waals surface area contributed by atoms with Gasteiger partial charge in [0.15, 0.2) is 5.78 Å². The molecule has 1 saturated heterocycles. The van der Waals surface area contributed by atoms with Gasteiger partial charge in [0.05, 0.1) is 5.54 Å². The minimum atomic E-state index is -0.955. The fraction of sp³-hybridized carbons (Fsp3) is 0.435. The van der Waals surface area contributed by atoms with Crippen LogP contribution in [0.5, 0.6) is 0 Å². The van der Waals surface area contributed by atoms with Gasteiger partial charge >= 0.3 is 0 Å². The second-order valence-electron chi connectivity index (χ2n) is 8.45. The van der Waals surface area contributed by atoms with Gasteiger partial charge in [-0.25, -0.2) is 0 Å². The number of nitrogens with two attached hydrogens (primary N) is 1. The zero-order valence-electron chi connectivity index (χ0n) is 16.2. The number of rotatable bonds is 5. The summed E-state index contributed by atoms with van der Waals surface area (Å²) < 4.78 is 0. The lowest BCUT2D eigenvalue weighted by Gasteiger charge is -2.40. The standard InChI is InChI=1S/C23H30N2O/c1-22(2,3)23(24,17-18-9-5-4-6-10-18)21(26)19-11-13-20(14-12-19)25-15-7-8-16-25/h4-6,9-14H,7-8,15-17,24H2,1-3H3. The van der Waals surface area contributed by atoms with Gasteiger partial charge in [0.25, 0.3) is 0 Å². The number of anilines is 1. The first kappa shape index (κ1) is 18.7. The molecule has 0 spiro atoms. The summed E-state index contributed by atoms with van der Waals surface area (Å²) in [5.41, 5.74) is 8.45. The predicted molar refractivity (Wildman–Crippen MR) is 109 cm³/mol. The fourth-order valence-electron chi connectivity index (χ4n) is 3.66. The van der Waals surface area contributed by atoms with E-state index in [2.05, 4.69) is 17.0 Å². The molecule has 1 atom stereocenters. The Labute approximate surface area is 157 Å². The van der Waals surface area contributed by atoms with Crippen LogP contribution >= 0.6 is 0 Å². The summed E-state index contributed by atoms with van der Waals surface area (Å²) in [4.78, 5) is 15.8. The smallest absolute Gasteiger partial charge is 0.183 e. The van der Waals surface area contributed by atoms with E-state index in [1.54, 1.807) is 0 Å². The maximum atomic E-state index is 13.4. The lowest BCUT2D eigenvalue weighted by molar-refractivity contribution is 0.0746. The molecule has 138 valence electrons. The Morgan fingerprint density at radius 1 is 0.962 bits per heavy atom. The van der Waals surface area contributed by atoms with E-state index in [0.29, 0.717) is 12.0 Å². The third-order valence-electron chi connectivity index (χ3n) is 5.67. The molecule has 0 bridgehead atoms. The highest BCUT2D eigenvalue weighted by Crippen LogP contribution is 2.35. The Kier molecular flexibility index (Phi) is 5.19. The first-order valence-electron chi connectivity index (χ1n) is 9.54. The van der Waals surface area contributed by atoms with E-state index < -0.39 is 5.54 Å². The van der Waals surface area contributed by atoms with Crippen LogP contribution in [-0.2, 0) is 6.42 Å². The lowest BCUT2D eigenvalue weighted by atomic mass is 9.67. The SMILES string of the molecule is CC(C)(C)C(N)(Cc1ccccc1)C(=O)c1ccc(N2CCCC2)cc1. The third kappa shape index (κ3) is 3.68. The molecule has 1 heterocycles. The molecule has 0 amide bonds. The molecule has 0 aliphatic carbocycles. The molecular formula is C23H30N2O. The summed E-state index contributed by atoms with van der Waals surface area (Å²) in [6.07, 6.45) is 3.02. The van der Waals surface area contributed by atoms with Gasteiger partial charge in [-0.05, 0) is 54.5 Å². The van der Waals surface area contributed by atoms with Crippen molar-refractivity contribution in [3.63, 3.8) is 0 Å². The third-order valence-corrected chi connectivity index (χ3v) is 5.67. The van der Waals surface area contributed by atoms with Crippen molar-refractivity contribution < 1.29 is 4.79 Å². The maximum Gasteiger partial charge on any atom is 0.183 e. The zero-order chi connectivity index (χ0) is 18.8. The number of hydrogen-bond donors (Lipinski definition) is 1. The van der Waals surface area contributed by atoms with Crippen LogP contribution in [0.25, 0.3) is 0 Å². The van der Waals surface area contributed by atoms with Gasteiger partial charge in [-0.1, -0.05) is 51.1 Å². The number of Topliss-reactive ketones (excluding diaryl/α,β-unsaturated/α-hetero) is 1. The van der Waals surface area contributed by atoms with Crippen LogP contribution in [0.2, 0.25) is 0 Å². The van der Waals surface area contributed by atoms with Gasteiger partial charge in [-0.3, -0.25) is 4.79 Å². The maximum absolute atomic E-state index is 13.4. The number of carbonyl (C=O) groups excluding carboxylic acids is 1. The summed E-state index contributed by atoms with van der Waals surface area (Å²) in [7, 11) is 0. The predicted octanol–water partition coefficient (Wildman–Crippen LogP) is 4.46. The number of benzene rings is 2. The second-order valence-corrected chi connectivity index (χ2v) is 8.45. The van der Waals surface area contributed by atoms with Crippen LogP contribution in [0.3, 0.4) is 0 Å². The Morgan fingerprint density at radius 3 is 2.08 bits per heavy atom. The first-order chi connectivity index (χ1) is 12.3. The number of hydrogen-bond acceptors (Lipinski definition) is 3. The van der Waals surface area contributed by atoms with Gasteiger partial charge in [0, 0.05) is 24.3 Å². The molecular weight excluding hydrogens is 320 g/mol. The van der Waals surface area contributed by atoms with Crippen molar-refractivity contribution in [1.82, 2.24) is 0 Å². The van der Waals surface area contributed by atoms with Crippen molar-refractivity contribution in [1.29, 1.82) is 0 Å². The van der Waals surface area contributed by atoms with Crippen molar-refractivity contribution in [3.8, 4) is 0 Å². The Balaban J connectivity index is 1.87. The van der Waals surface area contributed by atoms with E-state index in [1.807, 2.05) is 63.2 Å². The van der Waals surface area contributed by atoms with Gasteiger partial charge in [-0.2, -0.15) is 0 Å². The summed E-state index contributed by atoms with van der Waals surface area (Å²) in [5, 5.41) is 0. The van der Waals surface area contributed by atoms with Crippen molar-refractivity contribution in [3.05, 3.63) is 65.7 Å². The molecule has 3 heteroatoms. The normalized spacial score (nSPS) is 17.2. The van der Waals surface area contributed by atoms with Gasteiger partial charge in [0.2, 0.25) is 0 Å². The summed E-state index contributed by atoms with van der Waals surface area (Å²) >= 11 is 0. The van der Waals surface area contributed by atoms with Crippen molar-refractivity contribution in [2.75, 3.05) is 18.0 Å². The molecule has 0 aromatic heterocycles. The largest absolute Gasteiger partial charge is 0.372 e. The molecule has 1 unspecified atom stereocenters. The van der Waals surface area contributed by atoms with Crippen molar-refractivity contribution >= 4 is 11.5 Å². The Hall–Kier alpha value is -2.13. The van der Waals surface area contributed by atoms with Crippen LogP contribution in [0.4, 0.5) is 5.69 Å². The molecule has 26 heavy (non-hydrogen) atoms. The topological polar surface area (TPSA) is 46.3 Å². The van der Waals surface area contributed by atoms with Crippen LogP contribution in [0, 0.1) is 5.41 Å². The average Bonchev–Trinajstić information content (AvgIpc) is 3.16. The summed E-state index contributed by atoms with van der Waals surface area (Å²) in [6, 6.07) is 18.0. The molecule has 1 aliphatic heterocycles. The van der Waals surface area contributed by atoms with Crippen LogP contribution in [0.15, 0.2) is 54.6 Å². The highest BCUT2D eigenvalue weighted by Gasteiger charge is 2.45.